The zero-order valence-electron chi connectivity index (χ0n) is 90.1. The van der Waals surface area contributed by atoms with Gasteiger partial charge in [0.15, 0.2) is 0 Å². The molecule has 9 aliphatic carbocycles. The predicted octanol–water partition coefficient (Wildman–Crippen LogP) is 12.9. The number of hydroxylamine groups is 6. The molecule has 5 heterocycles. The highest BCUT2D eigenvalue weighted by Gasteiger charge is 2.62. The average Bonchev–Trinajstić information content (AvgIpc) is 0.844. The van der Waals surface area contributed by atoms with Gasteiger partial charge in [-0.05, 0) is 232 Å². The number of aliphatic hydroxyl groups is 5. The van der Waals surface area contributed by atoms with Crippen LogP contribution in [0.5, 0.6) is 28.7 Å². The Bertz CT molecular complexity index is 5880. The van der Waals surface area contributed by atoms with E-state index in [1.807, 2.05) is 129 Å². The second kappa shape index (κ2) is 46.5. The van der Waals surface area contributed by atoms with Gasteiger partial charge in [0, 0.05) is 115 Å². The topological polar surface area (TPSA) is 366 Å². The van der Waals surface area contributed by atoms with Gasteiger partial charge in [-0.25, -0.2) is 4.39 Å². The summed E-state index contributed by atoms with van der Waals surface area (Å²) in [5, 5.41) is 76.5. The minimum absolute atomic E-state index is 0.0227. The van der Waals surface area contributed by atoms with Gasteiger partial charge < -0.3 is 90.9 Å². The maximum atomic E-state index is 14.8. The minimum Gasteiger partial charge on any atom is -0.496 e. The molecule has 6 amide bonds. The van der Waals surface area contributed by atoms with Crippen LogP contribution in [0.3, 0.4) is 0 Å². The van der Waals surface area contributed by atoms with E-state index < -0.39 is 72.2 Å². The van der Waals surface area contributed by atoms with Gasteiger partial charge in [-0.1, -0.05) is 167 Å². The van der Waals surface area contributed by atoms with E-state index in [0.717, 1.165) is 75.8 Å². The van der Waals surface area contributed by atoms with Gasteiger partial charge in [-0.15, -0.1) is 0 Å². The van der Waals surface area contributed by atoms with Crippen LogP contribution in [0.25, 0.3) is 33.4 Å². The Morgan fingerprint density at radius 2 is 0.784 bits per heavy atom. The van der Waals surface area contributed by atoms with Crippen LogP contribution in [0, 0.1) is 99.0 Å². The molecular formula is C117H160FN11O19. The maximum Gasteiger partial charge on any atom is 0.255 e. The fraction of sp³-hybridized carbons (Fsp3) is 0.590. The molecule has 9 saturated carbocycles. The molecule has 0 aromatic heterocycles. The van der Waals surface area contributed by atoms with E-state index in [9.17, 15) is 58.7 Å². The first kappa shape index (κ1) is 110. The van der Waals surface area contributed by atoms with Crippen molar-refractivity contribution in [1.29, 1.82) is 0 Å². The van der Waals surface area contributed by atoms with Gasteiger partial charge >= 0.3 is 0 Å². The lowest BCUT2D eigenvalue weighted by Gasteiger charge is -2.62. The van der Waals surface area contributed by atoms with Crippen molar-refractivity contribution in [3.63, 3.8) is 0 Å². The van der Waals surface area contributed by atoms with Crippen molar-refractivity contribution in [3.05, 3.63) is 183 Å². The van der Waals surface area contributed by atoms with E-state index in [1.165, 1.54) is 38.5 Å². The normalized spacial score (nSPS) is 28.5. The molecule has 3 saturated heterocycles. The molecule has 21 rings (SSSR count). The third-order valence-corrected chi connectivity index (χ3v) is 35.7. The molecule has 30 nitrogen and oxygen atoms in total. The molecule has 23 atom stereocenters. The van der Waals surface area contributed by atoms with E-state index >= 15 is 0 Å². The fourth-order valence-corrected chi connectivity index (χ4v) is 26.9. The van der Waals surface area contributed by atoms with Crippen molar-refractivity contribution in [3.8, 4) is 62.1 Å². The Morgan fingerprint density at radius 1 is 0.439 bits per heavy atom. The summed E-state index contributed by atoms with van der Waals surface area (Å²) in [5.41, 5.74) is 11.7. The zero-order chi connectivity index (χ0) is 106. The number of rotatable bonds is 36. The Morgan fingerprint density at radius 3 is 1.12 bits per heavy atom. The molecule has 31 heteroatoms. The van der Waals surface area contributed by atoms with Crippen LogP contribution in [0.4, 0.5) is 4.39 Å². The van der Waals surface area contributed by atoms with Crippen molar-refractivity contribution in [2.75, 3.05) is 115 Å². The first-order chi connectivity index (χ1) is 70.6. The average molecular weight is 2040 g/mol. The number of hydrogen-bond donors (Lipinski definition) is 11. The summed E-state index contributed by atoms with van der Waals surface area (Å²) < 4.78 is 44.7. The highest BCUT2D eigenvalue weighted by molar-refractivity contribution is 6.01. The van der Waals surface area contributed by atoms with Crippen molar-refractivity contribution in [1.82, 2.24) is 56.9 Å². The molecule has 804 valence electrons. The zero-order valence-corrected chi connectivity index (χ0v) is 90.1. The Kier molecular flexibility index (Phi) is 34.7. The summed E-state index contributed by atoms with van der Waals surface area (Å²) in [6.45, 7) is 31.7. The van der Waals surface area contributed by atoms with Crippen LogP contribution in [-0.2, 0) is 67.8 Å². The summed E-state index contributed by atoms with van der Waals surface area (Å²) in [6.07, 6.45) is 4.80. The molecule has 0 unspecified atom stereocenters. The molecule has 7 aromatic carbocycles. The Hall–Kier alpha value is -10.2. The summed E-state index contributed by atoms with van der Waals surface area (Å²) in [4.78, 5) is 105. The summed E-state index contributed by atoms with van der Waals surface area (Å²) >= 11 is 0. The van der Waals surface area contributed by atoms with Crippen LogP contribution in [0.1, 0.15) is 193 Å². The number of benzene rings is 7. The predicted molar refractivity (Wildman–Crippen MR) is 564 cm³/mol. The first-order valence-corrected chi connectivity index (χ1v) is 53.6. The quantitative estimate of drug-likeness (QED) is 0.0174. The monoisotopic (exact) mass is 2040 g/mol. The highest BCUT2D eigenvalue weighted by Crippen LogP contribution is 2.64. The van der Waals surface area contributed by atoms with Crippen LogP contribution in [-0.4, -0.2) is 268 Å². The molecule has 0 spiro atoms. The number of nitrogens with zero attached hydrogens (tertiary/aromatic N) is 5. The number of aliphatic hydroxyl groups excluding tert-OH is 5. The molecule has 148 heavy (non-hydrogen) atoms. The second-order valence-corrected chi connectivity index (χ2v) is 46.2. The van der Waals surface area contributed by atoms with Gasteiger partial charge in [0.05, 0.1) is 103 Å². The lowest BCUT2D eigenvalue weighted by molar-refractivity contribution is -0.183. The second-order valence-electron chi connectivity index (χ2n) is 46.2. The number of hydrogen-bond acceptors (Lipinski definition) is 24. The van der Waals surface area contributed by atoms with Crippen molar-refractivity contribution < 1.29 is 96.9 Å². The summed E-state index contributed by atoms with van der Waals surface area (Å²) in [7, 11) is 12.5. The Balaban J connectivity index is 0.000000159. The molecule has 7 aromatic rings. The van der Waals surface area contributed by atoms with Crippen molar-refractivity contribution >= 4 is 35.4 Å². The summed E-state index contributed by atoms with van der Waals surface area (Å²) in [6, 6.07) is 37.5. The number of fused-ring (bicyclic) bond motifs is 8. The number of carbonyl (C=O) groups is 6. The number of amides is 6. The van der Waals surface area contributed by atoms with Gasteiger partial charge in [0.2, 0.25) is 17.7 Å². The van der Waals surface area contributed by atoms with Gasteiger partial charge in [-0.2, -0.15) is 15.2 Å². The standard InChI is InChI=1S/C43H55N3O6.C38H54N4O7.C36H51FN4O6/c1-25(2)37-36(24-47)52-46(38(37)42(49)45-35-22-31-21-34(26(35)3)43(31,4)5)23-29-13-10-14-32(39(29)50-6)30-19-28-16-18-51-40(28)33(20-30)41(48)44-17-15-27-11-8-7-9-12-27;1-21-29-17-26(38(29,3)4)18-30(21)40-37(46)33-32(22(2)44)31(20-43)49-42(33)19-24-9-8-10-27(34(24)47-7)25-15-23-11-14-48-35(23)28(16-25)36(45)39-12-13-41(5)6;1-20-27-16-24(36(27,3)4)17-29(20)39-35(45)32-31(21(2)43)30(19-42)47-41(32)18-23-9-8-10-25(33(23)46-7)22-11-12-28(37)26(15-22)34(44)38-13-14-40(5)6/h7-14,19-20,25-26,31,34-38,47H,15-18,21-24H2,1-6H3,(H,44,48)(H,45,49);8-10,15-16,21-22,26,29-33,43-44H,11-14,17-20H2,1-7H3,(H,39,45)(H,40,46);8-12,15,20-21,24,27,29-32,42-43H,13-14,16-19H2,1-7H3,(H,38,44)(H,39,45)/t26-,31+,34-,35+,36-,37-,38-;21-,22-,26+,29-,30-,31-,32+,33-;20-,21-,24+,27-,29+,30-,31+,32-/m000/s1. The lowest BCUT2D eigenvalue weighted by atomic mass is 9.45. The molecule has 12 fully saturated rings. The van der Waals surface area contributed by atoms with E-state index in [1.54, 1.807) is 49.3 Å². The Labute approximate surface area is 872 Å². The number of likely N-dealkylation sites (N-methyl/N-ethyl adjacent to an activating group) is 2. The highest BCUT2D eigenvalue weighted by atomic mass is 19.1. The van der Waals surface area contributed by atoms with Gasteiger partial charge in [0.25, 0.3) is 17.7 Å². The molecule has 11 N–H and O–H groups in total. The molecule has 5 aliphatic heterocycles. The maximum absolute atomic E-state index is 14.8. The van der Waals surface area contributed by atoms with Crippen LogP contribution in [0.2, 0.25) is 0 Å². The van der Waals surface area contributed by atoms with Crippen molar-refractivity contribution in [2.24, 2.45) is 93.2 Å². The third-order valence-electron chi connectivity index (χ3n) is 35.7. The van der Waals surface area contributed by atoms with E-state index in [-0.39, 0.29) is 115 Å². The summed E-state index contributed by atoms with van der Waals surface area (Å²) in [5.74, 6) is 4.16. The van der Waals surface area contributed by atoms with Crippen LogP contribution < -0.4 is 55.6 Å². The first-order valence-electron chi connectivity index (χ1n) is 53.6. The van der Waals surface area contributed by atoms with Gasteiger partial charge in [0.1, 0.15) is 71.0 Å². The largest absolute Gasteiger partial charge is 0.496 e. The number of para-hydroxylation sites is 3. The van der Waals surface area contributed by atoms with E-state index in [2.05, 4.69) is 126 Å². The third kappa shape index (κ3) is 22.5. The van der Waals surface area contributed by atoms with Gasteiger partial charge in [-0.3, -0.25) is 43.3 Å². The van der Waals surface area contributed by atoms with E-state index in [0.29, 0.717) is 174 Å². The number of nitrogens with one attached hydrogen (secondary N) is 6. The minimum atomic E-state index is -0.918. The smallest absolute Gasteiger partial charge is 0.255 e. The molecular weight excluding hydrogens is 1880 g/mol. The number of halogens is 1. The fourth-order valence-electron chi connectivity index (χ4n) is 26.9. The lowest BCUT2D eigenvalue weighted by Crippen LogP contribution is -2.62. The number of methoxy groups -OCH3 is 3. The van der Waals surface area contributed by atoms with E-state index in [4.69, 9.17) is 38.2 Å². The number of ether oxygens (including phenoxy) is 5. The number of carbonyl (C=O) groups excluding carboxylic acids is 6. The van der Waals surface area contributed by atoms with Crippen LogP contribution >= 0.6 is 0 Å². The molecule has 14 aliphatic rings. The molecule has 6 bridgehead atoms. The molecule has 0 radical (unpaired) electrons. The van der Waals surface area contributed by atoms with Crippen molar-refractivity contribution in [2.45, 2.75) is 234 Å². The van der Waals surface area contributed by atoms with Crippen LogP contribution in [0.15, 0.2) is 127 Å². The SMILES string of the molecule is COc1c(CN2O[C@@H](CO)[C@@H]([C@H](C)O)[C@H]2C(=O)N[C@@H]2C[C@H]3C[C@@H]([C@@H]2C)C3(C)C)cccc1-c1ccc(F)c(C(=O)NCCN(C)C)c1.COc1c(CN2O[C@@H](CO)[C@@H]([C@H](C)O)[C@H]2C(=O)N[C@H]2C[C@H]3C[C@@H]([C@@H]2C)C3(C)C)cccc1-c1cc2c(c(C(=O)NCCN(C)C)c1)OCC2.COc1c(CN2O[C@@H](CO)[C@H](C(C)C)[C@H]2C(=O)N[C@@H]2C[C@H]3C[C@@H]([C@@H]2C)C3(C)C)cccc1-c1cc2c(c(C(=O)NCCc3ccccc3)c1)OCC2.